The zero-order valence-electron chi connectivity index (χ0n) is 8.25. The van der Waals surface area contributed by atoms with Crippen molar-refractivity contribution < 1.29 is 13.2 Å². The van der Waals surface area contributed by atoms with Gasteiger partial charge in [0.25, 0.3) is 0 Å². The largest absolute Gasteiger partial charge is 0.316 e. The monoisotopic (exact) mass is 220 g/mol. The maximum absolute atomic E-state index is 11.3. The summed E-state index contributed by atoms with van der Waals surface area (Å²) in [6, 6.07) is 0. The molecule has 0 bridgehead atoms. The third kappa shape index (κ3) is 3.63. The van der Waals surface area contributed by atoms with Crippen LogP contribution in [0.1, 0.15) is 19.8 Å². The number of carbonyl (C=O) groups is 1. The predicted molar refractivity (Wildman–Crippen MR) is 53.2 cm³/mol. The van der Waals surface area contributed by atoms with E-state index in [1.807, 2.05) is 4.72 Å². The summed E-state index contributed by atoms with van der Waals surface area (Å²) >= 11 is 0. The maximum Gasteiger partial charge on any atom is 0.234 e. The fourth-order valence-corrected chi connectivity index (χ4v) is 2.01. The summed E-state index contributed by atoms with van der Waals surface area (Å²) in [5, 5.41) is 3.13. The van der Waals surface area contributed by atoms with Gasteiger partial charge in [-0.1, -0.05) is 0 Å². The van der Waals surface area contributed by atoms with E-state index in [0.717, 1.165) is 19.5 Å². The summed E-state index contributed by atoms with van der Waals surface area (Å²) in [5.41, 5.74) is 0. The van der Waals surface area contributed by atoms with E-state index in [1.165, 1.54) is 6.92 Å². The molecule has 0 spiro atoms. The highest BCUT2D eigenvalue weighted by Gasteiger charge is 2.20. The molecule has 6 heteroatoms. The van der Waals surface area contributed by atoms with Crippen molar-refractivity contribution in [2.24, 2.45) is 5.92 Å². The Balaban J connectivity index is 2.35. The summed E-state index contributed by atoms with van der Waals surface area (Å²) in [7, 11) is -3.38. The molecular weight excluding hydrogens is 204 g/mol. The molecule has 1 amide bonds. The molecule has 1 unspecified atom stereocenters. The van der Waals surface area contributed by atoms with E-state index in [0.29, 0.717) is 6.42 Å². The van der Waals surface area contributed by atoms with Crippen LogP contribution in [0, 0.1) is 5.92 Å². The molecule has 0 aromatic rings. The van der Waals surface area contributed by atoms with E-state index >= 15 is 0 Å². The van der Waals surface area contributed by atoms with Crippen molar-refractivity contribution >= 4 is 15.9 Å². The zero-order valence-corrected chi connectivity index (χ0v) is 9.06. The fourth-order valence-electron chi connectivity index (χ4n) is 1.44. The lowest BCUT2D eigenvalue weighted by Crippen LogP contribution is -2.33. The fraction of sp³-hybridized carbons (Fsp3) is 0.875. The lowest BCUT2D eigenvalue weighted by atomic mass is 10.1. The van der Waals surface area contributed by atoms with Crippen LogP contribution in [-0.4, -0.2) is 33.2 Å². The summed E-state index contributed by atoms with van der Waals surface area (Å²) in [6.45, 7) is 3.23. The first-order valence-electron chi connectivity index (χ1n) is 4.77. The molecule has 0 aliphatic carbocycles. The van der Waals surface area contributed by atoms with Gasteiger partial charge in [-0.05, 0) is 32.4 Å². The third-order valence-electron chi connectivity index (χ3n) is 2.29. The Morgan fingerprint density at radius 3 is 2.79 bits per heavy atom. The van der Waals surface area contributed by atoms with Gasteiger partial charge in [-0.3, -0.25) is 9.52 Å². The highest BCUT2D eigenvalue weighted by atomic mass is 32.2. The van der Waals surface area contributed by atoms with E-state index in [1.54, 1.807) is 0 Å². The van der Waals surface area contributed by atoms with Gasteiger partial charge in [0, 0.05) is 6.42 Å². The standard InChI is InChI=1S/C8H16N2O3S/c1-2-14(12,13)10-8(11)5-7-3-4-9-6-7/h7,9H,2-6H2,1H3,(H,10,11). The van der Waals surface area contributed by atoms with Crippen molar-refractivity contribution in [3.63, 3.8) is 0 Å². The van der Waals surface area contributed by atoms with Crippen molar-refractivity contribution in [3.8, 4) is 0 Å². The molecule has 0 aromatic heterocycles. The van der Waals surface area contributed by atoms with Gasteiger partial charge in [0.15, 0.2) is 0 Å². The summed E-state index contributed by atoms with van der Waals surface area (Å²) < 4.78 is 24.1. The molecule has 1 fully saturated rings. The van der Waals surface area contributed by atoms with E-state index in [2.05, 4.69) is 5.32 Å². The van der Waals surface area contributed by atoms with Crippen molar-refractivity contribution in [1.29, 1.82) is 0 Å². The van der Waals surface area contributed by atoms with Crippen molar-refractivity contribution in [2.75, 3.05) is 18.8 Å². The molecule has 0 radical (unpaired) electrons. The Bertz CT molecular complexity index is 294. The van der Waals surface area contributed by atoms with Crippen LogP contribution in [0.3, 0.4) is 0 Å². The Morgan fingerprint density at radius 2 is 2.29 bits per heavy atom. The van der Waals surface area contributed by atoms with E-state index in [9.17, 15) is 13.2 Å². The first-order chi connectivity index (χ1) is 6.53. The smallest absolute Gasteiger partial charge is 0.234 e. The summed E-state index contributed by atoms with van der Waals surface area (Å²) in [5.74, 6) is -0.163. The van der Waals surface area contributed by atoms with Crippen LogP contribution in [0.5, 0.6) is 0 Å². The molecule has 1 aliphatic heterocycles. The minimum Gasteiger partial charge on any atom is -0.316 e. The average molecular weight is 220 g/mol. The Kier molecular flexibility index (Phi) is 3.88. The molecular formula is C8H16N2O3S. The minimum atomic E-state index is -3.38. The molecule has 1 aliphatic rings. The topological polar surface area (TPSA) is 75.3 Å². The number of hydrogen-bond donors (Lipinski definition) is 2. The Hall–Kier alpha value is -0.620. The highest BCUT2D eigenvalue weighted by Crippen LogP contribution is 2.11. The van der Waals surface area contributed by atoms with Crippen LogP contribution in [-0.2, 0) is 14.8 Å². The molecule has 82 valence electrons. The van der Waals surface area contributed by atoms with Gasteiger partial charge < -0.3 is 5.32 Å². The Labute approximate surface area is 84.3 Å². The summed E-state index contributed by atoms with van der Waals surface area (Å²) in [4.78, 5) is 11.3. The van der Waals surface area contributed by atoms with Crippen molar-refractivity contribution in [1.82, 2.24) is 10.0 Å². The van der Waals surface area contributed by atoms with Gasteiger partial charge in [-0.15, -0.1) is 0 Å². The molecule has 1 rings (SSSR count). The average Bonchev–Trinajstić information content (AvgIpc) is 2.55. The van der Waals surface area contributed by atoms with Crippen LogP contribution in [0.2, 0.25) is 0 Å². The molecule has 0 saturated carbocycles. The van der Waals surface area contributed by atoms with Crippen LogP contribution < -0.4 is 10.0 Å². The zero-order chi connectivity index (χ0) is 10.6. The second kappa shape index (κ2) is 4.75. The molecule has 14 heavy (non-hydrogen) atoms. The molecule has 1 atom stereocenters. The molecule has 5 nitrogen and oxygen atoms in total. The second-order valence-electron chi connectivity index (χ2n) is 3.49. The number of hydrogen-bond acceptors (Lipinski definition) is 4. The number of sulfonamides is 1. The number of amides is 1. The van der Waals surface area contributed by atoms with Crippen LogP contribution >= 0.6 is 0 Å². The van der Waals surface area contributed by atoms with Gasteiger partial charge in [0.05, 0.1) is 5.75 Å². The third-order valence-corrected chi connectivity index (χ3v) is 3.58. The van der Waals surface area contributed by atoms with Gasteiger partial charge in [-0.25, -0.2) is 8.42 Å². The number of nitrogens with one attached hydrogen (secondary N) is 2. The lowest BCUT2D eigenvalue weighted by molar-refractivity contribution is -0.120. The van der Waals surface area contributed by atoms with Gasteiger partial charge >= 0.3 is 0 Å². The van der Waals surface area contributed by atoms with Gasteiger partial charge in [-0.2, -0.15) is 0 Å². The second-order valence-corrected chi connectivity index (χ2v) is 5.50. The highest BCUT2D eigenvalue weighted by molar-refractivity contribution is 7.90. The van der Waals surface area contributed by atoms with Crippen molar-refractivity contribution in [3.05, 3.63) is 0 Å². The normalized spacial score (nSPS) is 22.2. The van der Waals surface area contributed by atoms with Crippen LogP contribution in [0.25, 0.3) is 0 Å². The summed E-state index contributed by atoms with van der Waals surface area (Å²) in [6.07, 6.45) is 1.24. The number of carbonyl (C=O) groups excluding carboxylic acids is 1. The van der Waals surface area contributed by atoms with Crippen molar-refractivity contribution in [2.45, 2.75) is 19.8 Å². The van der Waals surface area contributed by atoms with Crippen LogP contribution in [0.15, 0.2) is 0 Å². The molecule has 1 heterocycles. The maximum atomic E-state index is 11.3. The van der Waals surface area contributed by atoms with Crippen LogP contribution in [0.4, 0.5) is 0 Å². The SMILES string of the molecule is CCS(=O)(=O)NC(=O)CC1CCNC1. The Morgan fingerprint density at radius 1 is 1.57 bits per heavy atom. The van der Waals surface area contributed by atoms with E-state index in [-0.39, 0.29) is 17.6 Å². The molecule has 1 saturated heterocycles. The first-order valence-corrected chi connectivity index (χ1v) is 6.43. The minimum absolute atomic E-state index is 0.0539. The molecule has 0 aromatic carbocycles. The van der Waals surface area contributed by atoms with Gasteiger partial charge in [0.2, 0.25) is 15.9 Å². The van der Waals surface area contributed by atoms with E-state index < -0.39 is 10.0 Å². The van der Waals surface area contributed by atoms with E-state index in [4.69, 9.17) is 0 Å². The quantitative estimate of drug-likeness (QED) is 0.666. The lowest BCUT2D eigenvalue weighted by Gasteiger charge is -2.08. The number of rotatable bonds is 4. The molecule has 2 N–H and O–H groups in total. The first kappa shape index (κ1) is 11.5. The predicted octanol–water partition coefficient (Wildman–Crippen LogP) is -0.548. The van der Waals surface area contributed by atoms with Gasteiger partial charge in [0.1, 0.15) is 0 Å².